The van der Waals surface area contributed by atoms with Crippen molar-refractivity contribution in [3.05, 3.63) is 75.8 Å². The van der Waals surface area contributed by atoms with Gasteiger partial charge in [0.1, 0.15) is 0 Å². The van der Waals surface area contributed by atoms with E-state index in [0.717, 1.165) is 5.56 Å². The van der Waals surface area contributed by atoms with Crippen LogP contribution in [0.15, 0.2) is 54.6 Å². The van der Waals surface area contributed by atoms with Gasteiger partial charge in [0.2, 0.25) is 11.8 Å². The van der Waals surface area contributed by atoms with Crippen LogP contribution >= 0.6 is 0 Å². The Bertz CT molecular complexity index is 778. The summed E-state index contributed by atoms with van der Waals surface area (Å²) in [6, 6.07) is 14.8. The first-order chi connectivity index (χ1) is 13.0. The third-order valence-electron chi connectivity index (χ3n) is 3.86. The van der Waals surface area contributed by atoms with Gasteiger partial charge in [0.05, 0.1) is 17.4 Å². The van der Waals surface area contributed by atoms with Crippen molar-refractivity contribution < 1.29 is 19.6 Å². The summed E-state index contributed by atoms with van der Waals surface area (Å²) in [5, 5.41) is 25.9. The van der Waals surface area contributed by atoms with E-state index in [1.807, 2.05) is 30.3 Å². The number of hydrogen-bond acceptors (Lipinski definition) is 5. The lowest BCUT2D eigenvalue weighted by Crippen LogP contribution is -2.33. The molecular formula is C19H21N3O5. The van der Waals surface area contributed by atoms with Gasteiger partial charge in [0.15, 0.2) is 0 Å². The second-order valence-corrected chi connectivity index (χ2v) is 5.93. The minimum atomic E-state index is -0.970. The van der Waals surface area contributed by atoms with Crippen LogP contribution in [0.5, 0.6) is 0 Å². The molecule has 2 aromatic carbocycles. The molecule has 0 spiro atoms. The first-order valence-corrected chi connectivity index (χ1v) is 8.45. The van der Waals surface area contributed by atoms with Gasteiger partial charge in [-0.15, -0.1) is 0 Å². The summed E-state index contributed by atoms with van der Waals surface area (Å²) in [5.74, 6) is -0.476. The van der Waals surface area contributed by atoms with E-state index in [4.69, 9.17) is 0 Å². The minimum Gasteiger partial charge on any atom is -0.387 e. The lowest BCUT2D eigenvalue weighted by Gasteiger charge is -2.12. The predicted octanol–water partition coefficient (Wildman–Crippen LogP) is 1.49. The average molecular weight is 371 g/mol. The Morgan fingerprint density at radius 1 is 1.00 bits per heavy atom. The monoisotopic (exact) mass is 371 g/mol. The molecule has 0 saturated carbocycles. The molecule has 0 aliphatic carbocycles. The first kappa shape index (κ1) is 20.1. The van der Waals surface area contributed by atoms with Gasteiger partial charge in [-0.2, -0.15) is 0 Å². The van der Waals surface area contributed by atoms with E-state index in [2.05, 4.69) is 10.6 Å². The number of hydrogen-bond donors (Lipinski definition) is 3. The van der Waals surface area contributed by atoms with Crippen LogP contribution in [0.3, 0.4) is 0 Å². The number of nitro benzene ring substituents is 1. The van der Waals surface area contributed by atoms with Gasteiger partial charge in [-0.1, -0.05) is 30.3 Å². The SMILES string of the molecule is O=C(CCNC(=O)Cc1ccccc1)NCC(O)c1ccc([N+](=O)[O-])cc1. The molecule has 0 bridgehead atoms. The minimum absolute atomic E-state index is 0.0192. The molecule has 0 aromatic heterocycles. The van der Waals surface area contributed by atoms with E-state index in [1.54, 1.807) is 0 Å². The van der Waals surface area contributed by atoms with Crippen molar-refractivity contribution in [2.75, 3.05) is 13.1 Å². The fraction of sp³-hybridized carbons (Fsp3) is 0.263. The summed E-state index contributed by atoms with van der Waals surface area (Å²) in [4.78, 5) is 33.7. The molecule has 8 nitrogen and oxygen atoms in total. The summed E-state index contributed by atoms with van der Waals surface area (Å²) < 4.78 is 0. The van der Waals surface area contributed by atoms with Gasteiger partial charge in [-0.25, -0.2) is 0 Å². The molecule has 2 aromatic rings. The van der Waals surface area contributed by atoms with Gasteiger partial charge in [-0.3, -0.25) is 19.7 Å². The Morgan fingerprint density at radius 2 is 1.67 bits per heavy atom. The zero-order valence-electron chi connectivity index (χ0n) is 14.6. The molecule has 0 fully saturated rings. The van der Waals surface area contributed by atoms with Crippen LogP contribution in [0.1, 0.15) is 23.7 Å². The summed E-state index contributed by atoms with van der Waals surface area (Å²) >= 11 is 0. The molecule has 0 radical (unpaired) electrons. The van der Waals surface area contributed by atoms with Crippen molar-refractivity contribution in [1.29, 1.82) is 0 Å². The molecule has 3 N–H and O–H groups in total. The molecule has 0 aliphatic rings. The first-order valence-electron chi connectivity index (χ1n) is 8.45. The van der Waals surface area contributed by atoms with Crippen LogP contribution in [-0.4, -0.2) is 34.9 Å². The van der Waals surface area contributed by atoms with Crippen molar-refractivity contribution in [2.24, 2.45) is 0 Å². The van der Waals surface area contributed by atoms with E-state index in [9.17, 15) is 24.8 Å². The van der Waals surface area contributed by atoms with Gasteiger partial charge in [0.25, 0.3) is 5.69 Å². The maximum Gasteiger partial charge on any atom is 0.269 e. The standard InChI is InChI=1S/C19H21N3O5/c23-17(15-6-8-16(9-7-15)22(26)27)13-21-18(24)10-11-20-19(25)12-14-4-2-1-3-5-14/h1-9,17,23H,10-13H2,(H,20,25)(H,21,24). The van der Waals surface area contributed by atoms with Crippen molar-refractivity contribution in [1.82, 2.24) is 10.6 Å². The number of aliphatic hydroxyl groups is 1. The number of carbonyl (C=O) groups is 2. The van der Waals surface area contributed by atoms with Gasteiger partial charge in [0, 0.05) is 31.6 Å². The summed E-state index contributed by atoms with van der Waals surface area (Å²) in [5.41, 5.74) is 1.30. The predicted molar refractivity (Wildman–Crippen MR) is 98.8 cm³/mol. The maximum atomic E-state index is 11.8. The number of amides is 2. The molecular weight excluding hydrogens is 350 g/mol. The lowest BCUT2D eigenvalue weighted by atomic mass is 10.1. The fourth-order valence-electron chi connectivity index (χ4n) is 2.39. The highest BCUT2D eigenvalue weighted by atomic mass is 16.6. The molecule has 1 unspecified atom stereocenters. The van der Waals surface area contributed by atoms with E-state index in [-0.39, 0.29) is 43.4 Å². The highest BCUT2D eigenvalue weighted by Gasteiger charge is 2.12. The smallest absolute Gasteiger partial charge is 0.269 e. The quantitative estimate of drug-likeness (QED) is 0.455. The second-order valence-electron chi connectivity index (χ2n) is 5.93. The van der Waals surface area contributed by atoms with Gasteiger partial charge < -0.3 is 15.7 Å². The zero-order chi connectivity index (χ0) is 19.6. The molecule has 8 heteroatoms. The second kappa shape index (κ2) is 10.0. The lowest BCUT2D eigenvalue weighted by molar-refractivity contribution is -0.384. The molecule has 27 heavy (non-hydrogen) atoms. The molecule has 0 aliphatic heterocycles. The molecule has 2 rings (SSSR count). The van der Waals surface area contributed by atoms with Crippen molar-refractivity contribution in [3.8, 4) is 0 Å². The molecule has 0 saturated heterocycles. The van der Waals surface area contributed by atoms with Crippen molar-refractivity contribution >= 4 is 17.5 Å². The van der Waals surface area contributed by atoms with E-state index < -0.39 is 11.0 Å². The van der Waals surface area contributed by atoms with Crippen LogP contribution in [-0.2, 0) is 16.0 Å². The fourth-order valence-corrected chi connectivity index (χ4v) is 2.39. The third kappa shape index (κ3) is 6.87. The largest absolute Gasteiger partial charge is 0.387 e. The average Bonchev–Trinajstić information content (AvgIpc) is 2.67. The normalized spacial score (nSPS) is 11.4. The highest BCUT2D eigenvalue weighted by Crippen LogP contribution is 2.17. The van der Waals surface area contributed by atoms with E-state index in [0.29, 0.717) is 5.56 Å². The Balaban J connectivity index is 1.66. The number of non-ortho nitro benzene ring substituents is 1. The number of nitro groups is 1. The van der Waals surface area contributed by atoms with Crippen LogP contribution < -0.4 is 10.6 Å². The van der Waals surface area contributed by atoms with Crippen LogP contribution in [0.2, 0.25) is 0 Å². The zero-order valence-corrected chi connectivity index (χ0v) is 14.6. The number of nitrogens with zero attached hydrogens (tertiary/aromatic N) is 1. The maximum absolute atomic E-state index is 11.8. The Hall–Kier alpha value is -3.26. The van der Waals surface area contributed by atoms with Crippen LogP contribution in [0, 0.1) is 10.1 Å². The summed E-state index contributed by atoms with van der Waals surface area (Å²) in [6.07, 6.45) is -0.628. The summed E-state index contributed by atoms with van der Waals surface area (Å²) in [6.45, 7) is 0.180. The van der Waals surface area contributed by atoms with Crippen molar-refractivity contribution in [3.63, 3.8) is 0 Å². The van der Waals surface area contributed by atoms with E-state index >= 15 is 0 Å². The van der Waals surface area contributed by atoms with Gasteiger partial charge >= 0.3 is 0 Å². The number of carbonyl (C=O) groups excluding carboxylic acids is 2. The number of nitrogens with one attached hydrogen (secondary N) is 2. The van der Waals surface area contributed by atoms with Crippen LogP contribution in [0.25, 0.3) is 0 Å². The molecule has 0 heterocycles. The molecule has 1 atom stereocenters. The molecule has 2 amide bonds. The Kier molecular flexibility index (Phi) is 7.45. The van der Waals surface area contributed by atoms with Crippen molar-refractivity contribution in [2.45, 2.75) is 18.9 Å². The molecule has 142 valence electrons. The van der Waals surface area contributed by atoms with E-state index in [1.165, 1.54) is 24.3 Å². The topological polar surface area (TPSA) is 122 Å². The number of aliphatic hydroxyl groups excluding tert-OH is 1. The summed E-state index contributed by atoms with van der Waals surface area (Å²) in [7, 11) is 0. The number of benzene rings is 2. The highest BCUT2D eigenvalue weighted by molar-refractivity contribution is 5.80. The van der Waals surface area contributed by atoms with Gasteiger partial charge in [-0.05, 0) is 23.3 Å². The Labute approximate surface area is 156 Å². The number of rotatable bonds is 9. The third-order valence-corrected chi connectivity index (χ3v) is 3.86. The van der Waals surface area contributed by atoms with Crippen LogP contribution in [0.4, 0.5) is 5.69 Å². The Morgan fingerprint density at radius 3 is 2.30 bits per heavy atom.